The van der Waals surface area contributed by atoms with Crippen molar-refractivity contribution in [3.05, 3.63) is 40.7 Å². The molecule has 104 valence electrons. The first kappa shape index (κ1) is 13.6. The fourth-order valence-electron chi connectivity index (χ4n) is 2.54. The van der Waals surface area contributed by atoms with Crippen LogP contribution in [0.2, 0.25) is 0 Å². The van der Waals surface area contributed by atoms with Gasteiger partial charge < -0.3 is 9.84 Å². The first-order valence-corrected chi connectivity index (χ1v) is 7.38. The fourth-order valence-corrected chi connectivity index (χ4v) is 2.89. The van der Waals surface area contributed by atoms with E-state index in [0.717, 1.165) is 0 Å². The van der Waals surface area contributed by atoms with Crippen LogP contribution in [0.3, 0.4) is 0 Å². The van der Waals surface area contributed by atoms with Crippen molar-refractivity contribution in [2.45, 2.75) is 29.8 Å². The average molecular weight is 384 g/mol. The largest absolute Gasteiger partial charge is 0.507 e. The molecule has 1 N–H and O–H groups in total. The quantitative estimate of drug-likeness (QED) is 0.597. The number of hydrogen-bond acceptors (Lipinski definition) is 4. The van der Waals surface area contributed by atoms with Crippen molar-refractivity contribution in [2.24, 2.45) is 0 Å². The van der Waals surface area contributed by atoms with Crippen LogP contribution in [0.5, 0.6) is 5.75 Å². The summed E-state index contributed by atoms with van der Waals surface area (Å²) in [5.41, 5.74) is 0.714. The molecule has 1 aromatic rings. The lowest BCUT2D eigenvalue weighted by Crippen LogP contribution is -2.29. The van der Waals surface area contributed by atoms with Crippen LogP contribution in [0, 0.1) is 0 Å². The number of phenols is 1. The number of allylic oxidation sites excluding steroid dienone is 1. The van der Waals surface area contributed by atoms with Crippen LogP contribution >= 0.6 is 22.6 Å². The van der Waals surface area contributed by atoms with Gasteiger partial charge in [-0.05, 0) is 26.0 Å². The number of alkyl halides is 1. The van der Waals surface area contributed by atoms with Crippen molar-refractivity contribution in [3.8, 4) is 5.75 Å². The number of fused-ring (bicyclic) bond motifs is 1. The summed E-state index contributed by atoms with van der Waals surface area (Å²) in [5, 5.41) is 9.85. The van der Waals surface area contributed by atoms with Crippen LogP contribution in [0.1, 0.15) is 41.0 Å². The zero-order valence-corrected chi connectivity index (χ0v) is 13.2. The number of Topliss-reactive ketones (excluding diaryl/α,β-unsaturated/α-hetero) is 2. The number of benzene rings is 1. The number of rotatable bonds is 1. The molecule has 0 aromatic heterocycles. The molecule has 20 heavy (non-hydrogen) atoms. The number of ketones is 2. The summed E-state index contributed by atoms with van der Waals surface area (Å²) in [6.45, 7) is 3.99. The molecular weight excluding hydrogens is 371 g/mol. The van der Waals surface area contributed by atoms with Gasteiger partial charge in [-0.2, -0.15) is 0 Å². The maximum Gasteiger partial charge on any atom is 0.228 e. The highest BCUT2D eigenvalue weighted by Gasteiger charge is 2.45. The SMILES string of the molecule is CC(C)(I)C1CC2=C(O1)C(=O)c1cccc(O)c1C2=O. The third-order valence-corrected chi connectivity index (χ3v) is 4.38. The molecule has 2 aliphatic rings. The smallest absolute Gasteiger partial charge is 0.228 e. The topological polar surface area (TPSA) is 63.6 Å². The van der Waals surface area contributed by atoms with Crippen molar-refractivity contribution in [1.29, 1.82) is 0 Å². The lowest BCUT2D eigenvalue weighted by molar-refractivity contribution is 0.0800. The van der Waals surface area contributed by atoms with Gasteiger partial charge in [0, 0.05) is 12.0 Å². The minimum absolute atomic E-state index is 0.103. The molecule has 0 saturated carbocycles. The summed E-state index contributed by atoms with van der Waals surface area (Å²) in [5.74, 6) is -0.600. The van der Waals surface area contributed by atoms with E-state index in [1.807, 2.05) is 13.8 Å². The molecule has 0 amide bonds. The van der Waals surface area contributed by atoms with Gasteiger partial charge in [-0.15, -0.1) is 0 Å². The van der Waals surface area contributed by atoms with E-state index in [4.69, 9.17) is 4.74 Å². The Bertz CT molecular complexity index is 667. The molecule has 0 bridgehead atoms. The lowest BCUT2D eigenvalue weighted by atomic mass is 9.86. The van der Waals surface area contributed by atoms with E-state index in [1.165, 1.54) is 6.07 Å². The number of carbonyl (C=O) groups excluding carboxylic acids is 2. The van der Waals surface area contributed by atoms with E-state index < -0.39 is 0 Å². The molecule has 1 atom stereocenters. The molecule has 4 nitrogen and oxygen atoms in total. The van der Waals surface area contributed by atoms with Crippen LogP contribution in [-0.4, -0.2) is 26.2 Å². The van der Waals surface area contributed by atoms with Crippen molar-refractivity contribution in [3.63, 3.8) is 0 Å². The number of aromatic hydroxyl groups is 1. The number of halogens is 1. The van der Waals surface area contributed by atoms with Crippen molar-refractivity contribution < 1.29 is 19.4 Å². The molecule has 0 fully saturated rings. The molecule has 1 unspecified atom stereocenters. The second kappa shape index (κ2) is 4.31. The van der Waals surface area contributed by atoms with Crippen LogP contribution in [0.4, 0.5) is 0 Å². The van der Waals surface area contributed by atoms with Gasteiger partial charge in [-0.1, -0.05) is 28.7 Å². The van der Waals surface area contributed by atoms with E-state index in [9.17, 15) is 14.7 Å². The Morgan fingerprint density at radius 1 is 1.30 bits per heavy atom. The predicted molar refractivity (Wildman–Crippen MR) is 81.4 cm³/mol. The molecule has 1 aliphatic heterocycles. The summed E-state index contributed by atoms with van der Waals surface area (Å²) in [6, 6.07) is 4.52. The zero-order valence-electron chi connectivity index (χ0n) is 11.1. The highest BCUT2D eigenvalue weighted by molar-refractivity contribution is 14.1. The highest BCUT2D eigenvalue weighted by atomic mass is 127. The summed E-state index contributed by atoms with van der Waals surface area (Å²) < 4.78 is 5.54. The molecule has 0 radical (unpaired) electrons. The predicted octanol–water partition coefficient (Wildman–Crippen LogP) is 3.03. The third-order valence-electron chi connectivity index (χ3n) is 3.68. The Hall–Kier alpha value is -1.37. The molecule has 1 aromatic carbocycles. The number of hydrogen-bond donors (Lipinski definition) is 1. The van der Waals surface area contributed by atoms with Gasteiger partial charge in [-0.25, -0.2) is 0 Å². The average Bonchev–Trinajstić information content (AvgIpc) is 2.81. The molecule has 1 aliphatic carbocycles. The maximum absolute atomic E-state index is 12.5. The van der Waals surface area contributed by atoms with Crippen LogP contribution in [0.15, 0.2) is 29.5 Å². The van der Waals surface area contributed by atoms with Crippen molar-refractivity contribution in [2.75, 3.05) is 0 Å². The van der Waals surface area contributed by atoms with Gasteiger partial charge >= 0.3 is 0 Å². The summed E-state index contributed by atoms with van der Waals surface area (Å²) >= 11 is 2.25. The minimum atomic E-state index is -0.311. The summed E-state index contributed by atoms with van der Waals surface area (Å²) in [7, 11) is 0. The second-order valence-electron chi connectivity index (χ2n) is 5.54. The molecule has 3 rings (SSSR count). The number of phenolic OH excluding ortho intramolecular Hbond substituents is 1. The monoisotopic (exact) mass is 384 g/mol. The van der Waals surface area contributed by atoms with Crippen LogP contribution < -0.4 is 0 Å². The van der Waals surface area contributed by atoms with Crippen molar-refractivity contribution in [1.82, 2.24) is 0 Å². The normalized spacial score (nSPS) is 21.6. The Kier molecular flexibility index (Phi) is 2.93. The van der Waals surface area contributed by atoms with Gasteiger partial charge in [0.2, 0.25) is 5.78 Å². The van der Waals surface area contributed by atoms with E-state index in [0.29, 0.717) is 12.0 Å². The van der Waals surface area contributed by atoms with E-state index in [2.05, 4.69) is 22.6 Å². The third kappa shape index (κ3) is 1.87. The number of ether oxygens (including phenoxy) is 1. The van der Waals surface area contributed by atoms with Gasteiger partial charge in [0.25, 0.3) is 0 Å². The standard InChI is InChI=1S/C15H13IO4/c1-15(2,16)10-6-8-12(18)11-7(4-3-5-9(11)17)13(19)14(8)20-10/h3-5,10,17H,6H2,1-2H3. The maximum atomic E-state index is 12.5. The Balaban J connectivity index is 2.09. The van der Waals surface area contributed by atoms with Gasteiger partial charge in [-0.3, -0.25) is 9.59 Å². The molecule has 0 spiro atoms. The second-order valence-corrected chi connectivity index (χ2v) is 8.32. The first-order chi connectivity index (χ1) is 9.30. The summed E-state index contributed by atoms with van der Waals surface area (Å²) in [6.07, 6.45) is 0.196. The van der Waals surface area contributed by atoms with Crippen LogP contribution in [-0.2, 0) is 4.74 Å². The van der Waals surface area contributed by atoms with Gasteiger partial charge in [0.15, 0.2) is 11.5 Å². The Morgan fingerprint density at radius 2 is 2.00 bits per heavy atom. The van der Waals surface area contributed by atoms with E-state index in [-0.39, 0.29) is 43.7 Å². The van der Waals surface area contributed by atoms with Gasteiger partial charge in [0.05, 0.1) is 14.6 Å². The van der Waals surface area contributed by atoms with E-state index >= 15 is 0 Å². The first-order valence-electron chi connectivity index (χ1n) is 6.31. The zero-order chi connectivity index (χ0) is 14.7. The van der Waals surface area contributed by atoms with Crippen molar-refractivity contribution >= 4 is 34.2 Å². The Morgan fingerprint density at radius 3 is 2.65 bits per heavy atom. The Labute approximate surface area is 130 Å². The molecule has 0 saturated heterocycles. The number of carbonyl (C=O) groups is 2. The molecule has 5 heteroatoms. The highest BCUT2D eigenvalue weighted by Crippen LogP contribution is 2.42. The van der Waals surface area contributed by atoms with Crippen LogP contribution in [0.25, 0.3) is 0 Å². The minimum Gasteiger partial charge on any atom is -0.507 e. The fraction of sp³-hybridized carbons (Fsp3) is 0.333. The molecular formula is C15H13IO4. The summed E-state index contributed by atoms with van der Waals surface area (Å²) in [4.78, 5) is 24.9. The van der Waals surface area contributed by atoms with E-state index in [1.54, 1.807) is 12.1 Å². The van der Waals surface area contributed by atoms with Gasteiger partial charge in [0.1, 0.15) is 11.9 Å². The lowest BCUT2D eigenvalue weighted by Gasteiger charge is -2.24. The molecule has 1 heterocycles.